The minimum atomic E-state index is -0.701. The van der Waals surface area contributed by atoms with Gasteiger partial charge in [0.1, 0.15) is 5.75 Å². The molecule has 0 aliphatic rings. The van der Waals surface area contributed by atoms with Crippen LogP contribution in [0.4, 0.5) is 5.69 Å². The van der Waals surface area contributed by atoms with E-state index in [1.165, 1.54) is 24.3 Å². The molecule has 0 fully saturated rings. The average molecular weight is 328 g/mol. The van der Waals surface area contributed by atoms with E-state index in [1.807, 2.05) is 0 Å². The molecule has 0 amide bonds. The summed E-state index contributed by atoms with van der Waals surface area (Å²) in [5, 5.41) is 20.8. The fraction of sp³-hybridized carbons (Fsp3) is 0.143. The number of hydrogen-bond donors (Lipinski definition) is 1. The number of nitro groups is 1. The Morgan fingerprint density at radius 1 is 1.19 bits per heavy atom. The smallest absolute Gasteiger partial charge is 0.273 e. The standard InChI is InChI=1S/C14H11Cl2NO4/c1-8(18)11-4-3-10(7-13(11)16)21-14-6-9(17(19)20)2-5-12(14)15/h2-8,18H,1H3. The Morgan fingerprint density at radius 2 is 1.90 bits per heavy atom. The van der Waals surface area contributed by atoms with Crippen LogP contribution in [0.15, 0.2) is 36.4 Å². The van der Waals surface area contributed by atoms with Gasteiger partial charge in [0.15, 0.2) is 5.75 Å². The van der Waals surface area contributed by atoms with Gasteiger partial charge in [-0.05, 0) is 30.7 Å². The Bertz CT molecular complexity index is 689. The average Bonchev–Trinajstić information content (AvgIpc) is 2.40. The van der Waals surface area contributed by atoms with Gasteiger partial charge in [0, 0.05) is 6.07 Å². The van der Waals surface area contributed by atoms with Gasteiger partial charge in [0.25, 0.3) is 5.69 Å². The second-order valence-corrected chi connectivity index (χ2v) is 5.15. The van der Waals surface area contributed by atoms with Crippen molar-refractivity contribution in [2.24, 2.45) is 0 Å². The number of non-ortho nitro benzene ring substituents is 1. The molecule has 0 heterocycles. The van der Waals surface area contributed by atoms with E-state index in [9.17, 15) is 15.2 Å². The Morgan fingerprint density at radius 3 is 2.48 bits per heavy atom. The van der Waals surface area contributed by atoms with Crippen LogP contribution >= 0.6 is 23.2 Å². The molecular formula is C14H11Cl2NO4. The minimum Gasteiger partial charge on any atom is -0.455 e. The van der Waals surface area contributed by atoms with Crippen molar-refractivity contribution in [1.82, 2.24) is 0 Å². The number of aliphatic hydroxyl groups is 1. The van der Waals surface area contributed by atoms with E-state index in [0.29, 0.717) is 16.3 Å². The largest absolute Gasteiger partial charge is 0.455 e. The van der Waals surface area contributed by atoms with E-state index in [2.05, 4.69) is 0 Å². The molecule has 2 rings (SSSR count). The Balaban J connectivity index is 2.32. The highest BCUT2D eigenvalue weighted by atomic mass is 35.5. The van der Waals surface area contributed by atoms with Gasteiger partial charge in [-0.2, -0.15) is 0 Å². The van der Waals surface area contributed by atoms with Gasteiger partial charge >= 0.3 is 0 Å². The van der Waals surface area contributed by atoms with Gasteiger partial charge in [-0.3, -0.25) is 10.1 Å². The van der Waals surface area contributed by atoms with Crippen LogP contribution in [-0.2, 0) is 0 Å². The van der Waals surface area contributed by atoms with Gasteiger partial charge in [-0.1, -0.05) is 29.3 Å². The summed E-state index contributed by atoms with van der Waals surface area (Å²) < 4.78 is 5.51. The number of aliphatic hydroxyl groups excluding tert-OH is 1. The highest BCUT2D eigenvalue weighted by molar-refractivity contribution is 6.32. The van der Waals surface area contributed by atoms with Crippen LogP contribution in [0.3, 0.4) is 0 Å². The molecule has 0 aromatic heterocycles. The zero-order valence-electron chi connectivity index (χ0n) is 10.9. The summed E-state index contributed by atoms with van der Waals surface area (Å²) in [6, 6.07) is 8.65. The molecule has 1 N–H and O–H groups in total. The van der Waals surface area contributed by atoms with Gasteiger partial charge in [-0.25, -0.2) is 0 Å². The number of rotatable bonds is 4. The first-order chi connectivity index (χ1) is 9.88. The van der Waals surface area contributed by atoms with E-state index in [4.69, 9.17) is 27.9 Å². The first-order valence-corrected chi connectivity index (χ1v) is 6.73. The van der Waals surface area contributed by atoms with Crippen molar-refractivity contribution in [3.05, 3.63) is 62.1 Å². The second kappa shape index (κ2) is 6.30. The predicted octanol–water partition coefficient (Wildman–Crippen LogP) is 4.75. The first kappa shape index (κ1) is 15.6. The predicted molar refractivity (Wildman–Crippen MR) is 80.3 cm³/mol. The van der Waals surface area contributed by atoms with Crippen molar-refractivity contribution in [2.45, 2.75) is 13.0 Å². The molecule has 1 atom stereocenters. The maximum Gasteiger partial charge on any atom is 0.273 e. The van der Waals surface area contributed by atoms with Gasteiger partial charge in [-0.15, -0.1) is 0 Å². The first-order valence-electron chi connectivity index (χ1n) is 5.98. The van der Waals surface area contributed by atoms with Crippen molar-refractivity contribution >= 4 is 28.9 Å². The molecule has 0 radical (unpaired) electrons. The fourth-order valence-corrected chi connectivity index (χ4v) is 2.21. The molecule has 110 valence electrons. The quantitative estimate of drug-likeness (QED) is 0.649. The Labute approximate surface area is 130 Å². The number of ether oxygens (including phenoxy) is 1. The molecule has 0 saturated carbocycles. The SMILES string of the molecule is CC(O)c1ccc(Oc2cc([N+](=O)[O-])ccc2Cl)cc1Cl. The number of nitrogens with zero attached hydrogens (tertiary/aromatic N) is 1. The van der Waals surface area contributed by atoms with Crippen LogP contribution in [0.5, 0.6) is 11.5 Å². The molecule has 0 aliphatic heterocycles. The van der Waals surface area contributed by atoms with Crippen molar-refractivity contribution in [3.63, 3.8) is 0 Å². The normalized spacial score (nSPS) is 12.0. The summed E-state index contributed by atoms with van der Waals surface area (Å²) in [7, 11) is 0. The topological polar surface area (TPSA) is 72.6 Å². The Hall–Kier alpha value is -1.82. The van der Waals surface area contributed by atoms with Gasteiger partial charge < -0.3 is 9.84 Å². The lowest BCUT2D eigenvalue weighted by atomic mass is 10.1. The van der Waals surface area contributed by atoms with Crippen molar-refractivity contribution < 1.29 is 14.8 Å². The van der Waals surface area contributed by atoms with Crippen LogP contribution < -0.4 is 4.74 Å². The van der Waals surface area contributed by atoms with E-state index >= 15 is 0 Å². The number of benzene rings is 2. The highest BCUT2D eigenvalue weighted by Crippen LogP contribution is 2.35. The molecule has 2 aromatic rings. The number of nitro benzene ring substituents is 1. The summed E-state index contributed by atoms with van der Waals surface area (Å²) in [6.45, 7) is 1.60. The van der Waals surface area contributed by atoms with Gasteiger partial charge in [0.2, 0.25) is 0 Å². The molecule has 7 heteroatoms. The lowest BCUT2D eigenvalue weighted by Gasteiger charge is -2.11. The van der Waals surface area contributed by atoms with Crippen molar-refractivity contribution in [2.75, 3.05) is 0 Å². The van der Waals surface area contributed by atoms with Crippen LogP contribution in [0.2, 0.25) is 10.0 Å². The fourth-order valence-electron chi connectivity index (χ4n) is 1.72. The molecular weight excluding hydrogens is 317 g/mol. The highest BCUT2D eigenvalue weighted by Gasteiger charge is 2.13. The number of halogens is 2. The van der Waals surface area contributed by atoms with Crippen LogP contribution in [-0.4, -0.2) is 10.0 Å². The van der Waals surface area contributed by atoms with E-state index in [-0.39, 0.29) is 16.5 Å². The third kappa shape index (κ3) is 3.64. The summed E-state index contributed by atoms with van der Waals surface area (Å²) in [5.74, 6) is 0.526. The maximum atomic E-state index is 10.7. The molecule has 0 spiro atoms. The lowest BCUT2D eigenvalue weighted by molar-refractivity contribution is -0.384. The second-order valence-electron chi connectivity index (χ2n) is 4.33. The minimum absolute atomic E-state index is 0.124. The van der Waals surface area contributed by atoms with Crippen LogP contribution in [0.1, 0.15) is 18.6 Å². The Kier molecular flexibility index (Phi) is 4.67. The zero-order chi connectivity index (χ0) is 15.6. The zero-order valence-corrected chi connectivity index (χ0v) is 12.4. The van der Waals surface area contributed by atoms with Crippen LogP contribution in [0, 0.1) is 10.1 Å². The molecule has 0 aliphatic carbocycles. The molecule has 5 nitrogen and oxygen atoms in total. The monoisotopic (exact) mass is 327 g/mol. The van der Waals surface area contributed by atoms with Crippen molar-refractivity contribution in [3.8, 4) is 11.5 Å². The molecule has 21 heavy (non-hydrogen) atoms. The lowest BCUT2D eigenvalue weighted by Crippen LogP contribution is -1.94. The summed E-state index contributed by atoms with van der Waals surface area (Å²) in [6.07, 6.45) is -0.701. The third-order valence-electron chi connectivity index (χ3n) is 2.78. The molecule has 1 unspecified atom stereocenters. The van der Waals surface area contributed by atoms with Crippen LogP contribution in [0.25, 0.3) is 0 Å². The van der Waals surface area contributed by atoms with E-state index < -0.39 is 11.0 Å². The number of hydrogen-bond acceptors (Lipinski definition) is 4. The van der Waals surface area contributed by atoms with E-state index in [1.54, 1.807) is 19.1 Å². The molecule has 2 aromatic carbocycles. The summed E-state index contributed by atoms with van der Waals surface area (Å²) >= 11 is 12.0. The summed E-state index contributed by atoms with van der Waals surface area (Å²) in [5.41, 5.74) is 0.440. The maximum absolute atomic E-state index is 10.7. The summed E-state index contributed by atoms with van der Waals surface area (Å²) in [4.78, 5) is 10.2. The van der Waals surface area contributed by atoms with Crippen molar-refractivity contribution in [1.29, 1.82) is 0 Å². The molecule has 0 saturated heterocycles. The third-order valence-corrected chi connectivity index (χ3v) is 3.41. The van der Waals surface area contributed by atoms with Gasteiger partial charge in [0.05, 0.1) is 27.1 Å². The van der Waals surface area contributed by atoms with E-state index in [0.717, 1.165) is 0 Å². The molecule has 0 bridgehead atoms.